The number of benzene rings is 2. The molecule has 0 heterocycles. The minimum Gasteiger partial charge on any atom is -0.507 e. The Labute approximate surface area is 154 Å². The maximum Gasteiger partial charge on any atom is 0.271 e. The number of halogens is 1. The first-order chi connectivity index (χ1) is 12.0. The van der Waals surface area contributed by atoms with Crippen molar-refractivity contribution in [1.29, 1.82) is 0 Å². The summed E-state index contributed by atoms with van der Waals surface area (Å²) in [5, 5.41) is 13.4. The van der Waals surface area contributed by atoms with Crippen LogP contribution in [0.3, 0.4) is 0 Å². The van der Waals surface area contributed by atoms with Crippen molar-refractivity contribution in [1.82, 2.24) is 5.43 Å². The minimum atomic E-state index is -0.366. The number of rotatable bonds is 7. The van der Waals surface area contributed by atoms with Crippen LogP contribution in [0.5, 0.6) is 17.2 Å². The molecule has 1 amide bonds. The van der Waals surface area contributed by atoms with Crippen LogP contribution in [0, 0.1) is 0 Å². The highest BCUT2D eigenvalue weighted by Crippen LogP contribution is 2.28. The van der Waals surface area contributed by atoms with Crippen molar-refractivity contribution in [3.63, 3.8) is 0 Å². The van der Waals surface area contributed by atoms with Gasteiger partial charge in [-0.25, -0.2) is 5.43 Å². The van der Waals surface area contributed by atoms with Crippen molar-refractivity contribution >= 4 is 28.1 Å². The quantitative estimate of drug-likeness (QED) is 0.542. The highest BCUT2D eigenvalue weighted by Gasteiger charge is 2.10. The van der Waals surface area contributed by atoms with E-state index in [0.717, 1.165) is 12.0 Å². The van der Waals surface area contributed by atoms with Gasteiger partial charge in [-0.05, 0) is 64.3 Å². The molecule has 132 valence electrons. The van der Waals surface area contributed by atoms with Gasteiger partial charge in [0.1, 0.15) is 5.75 Å². The van der Waals surface area contributed by atoms with Crippen LogP contribution in [-0.4, -0.2) is 30.9 Å². The van der Waals surface area contributed by atoms with Crippen molar-refractivity contribution < 1.29 is 19.4 Å². The Morgan fingerprint density at radius 3 is 2.76 bits per heavy atom. The van der Waals surface area contributed by atoms with Gasteiger partial charge in [0, 0.05) is 5.56 Å². The molecule has 2 N–H and O–H groups in total. The molecule has 2 rings (SSSR count). The molecule has 2 aromatic carbocycles. The number of phenols is 1. The van der Waals surface area contributed by atoms with Crippen LogP contribution < -0.4 is 14.9 Å². The first-order valence-corrected chi connectivity index (χ1v) is 8.47. The van der Waals surface area contributed by atoms with E-state index in [1.54, 1.807) is 30.3 Å². The number of nitrogens with zero attached hydrogens (tertiary/aromatic N) is 1. The topological polar surface area (TPSA) is 80.2 Å². The lowest BCUT2D eigenvalue weighted by Crippen LogP contribution is -2.17. The largest absolute Gasteiger partial charge is 0.507 e. The molecule has 0 saturated carbocycles. The van der Waals surface area contributed by atoms with Crippen LogP contribution in [-0.2, 0) is 0 Å². The smallest absolute Gasteiger partial charge is 0.271 e. The lowest BCUT2D eigenvalue weighted by molar-refractivity contribution is 0.0954. The fraction of sp³-hybridized carbons (Fsp3) is 0.222. The highest BCUT2D eigenvalue weighted by atomic mass is 79.9. The van der Waals surface area contributed by atoms with Crippen molar-refractivity contribution in [3.05, 3.63) is 52.0 Å². The van der Waals surface area contributed by atoms with E-state index in [0.29, 0.717) is 28.1 Å². The average molecular weight is 407 g/mol. The Morgan fingerprint density at radius 1 is 1.28 bits per heavy atom. The molecule has 6 nitrogen and oxygen atoms in total. The van der Waals surface area contributed by atoms with Crippen LogP contribution in [0.4, 0.5) is 0 Å². The lowest BCUT2D eigenvalue weighted by atomic mass is 10.2. The van der Waals surface area contributed by atoms with E-state index >= 15 is 0 Å². The molecule has 0 aromatic heterocycles. The molecule has 0 atom stereocenters. The van der Waals surface area contributed by atoms with Crippen LogP contribution in [0.2, 0.25) is 0 Å². The number of methoxy groups -OCH3 is 1. The maximum atomic E-state index is 12.2. The van der Waals surface area contributed by atoms with E-state index in [-0.39, 0.29) is 11.7 Å². The molecule has 0 unspecified atom stereocenters. The summed E-state index contributed by atoms with van der Waals surface area (Å²) >= 11 is 3.22. The van der Waals surface area contributed by atoms with Crippen molar-refractivity contribution in [2.75, 3.05) is 13.7 Å². The molecule has 0 spiro atoms. The standard InChI is InChI=1S/C18H19BrN2O4/c1-3-8-25-16-7-5-13(10-17(16)24-2)18(23)21-20-11-12-4-6-15(22)14(19)9-12/h4-7,9-11,22H,3,8H2,1-2H3,(H,21,23)/b20-11+. The Bertz CT molecular complexity index is 778. The van der Waals surface area contributed by atoms with Gasteiger partial charge in [0.05, 0.1) is 24.4 Å². The second-order valence-electron chi connectivity index (χ2n) is 5.12. The Balaban J connectivity index is 2.04. The molecule has 0 aliphatic heterocycles. The summed E-state index contributed by atoms with van der Waals surface area (Å²) in [5.41, 5.74) is 3.59. The summed E-state index contributed by atoms with van der Waals surface area (Å²) in [4.78, 5) is 12.2. The normalized spacial score (nSPS) is 10.7. The van der Waals surface area contributed by atoms with Gasteiger partial charge >= 0.3 is 0 Å². The molecule has 0 radical (unpaired) electrons. The third-order valence-corrected chi connectivity index (χ3v) is 3.87. The fourth-order valence-corrected chi connectivity index (χ4v) is 2.37. The van der Waals surface area contributed by atoms with E-state index in [9.17, 15) is 9.90 Å². The number of amides is 1. The van der Waals surface area contributed by atoms with Gasteiger partial charge in [-0.15, -0.1) is 0 Å². The number of phenolic OH excluding ortho intramolecular Hbond substituents is 1. The van der Waals surface area contributed by atoms with E-state index in [1.165, 1.54) is 19.4 Å². The van der Waals surface area contributed by atoms with E-state index in [1.807, 2.05) is 6.92 Å². The molecule has 0 aliphatic carbocycles. The molecule has 0 bridgehead atoms. The van der Waals surface area contributed by atoms with Crippen molar-refractivity contribution in [3.8, 4) is 17.2 Å². The number of hydrogen-bond donors (Lipinski definition) is 2. The number of nitrogens with one attached hydrogen (secondary N) is 1. The molecular weight excluding hydrogens is 388 g/mol. The zero-order valence-electron chi connectivity index (χ0n) is 14.0. The molecular formula is C18H19BrN2O4. The number of carbonyl (C=O) groups is 1. The average Bonchev–Trinajstić information content (AvgIpc) is 2.62. The first kappa shape index (κ1) is 18.8. The van der Waals surface area contributed by atoms with Gasteiger partial charge in [0.15, 0.2) is 11.5 Å². The monoisotopic (exact) mass is 406 g/mol. The predicted molar refractivity (Wildman–Crippen MR) is 99.6 cm³/mol. The Morgan fingerprint density at radius 2 is 2.08 bits per heavy atom. The third kappa shape index (κ3) is 5.22. The van der Waals surface area contributed by atoms with Gasteiger partial charge < -0.3 is 14.6 Å². The molecule has 2 aromatic rings. The zero-order chi connectivity index (χ0) is 18.2. The van der Waals surface area contributed by atoms with Gasteiger partial charge in [0.2, 0.25) is 0 Å². The molecule has 7 heteroatoms. The number of aromatic hydroxyl groups is 1. The second-order valence-corrected chi connectivity index (χ2v) is 5.98. The number of carbonyl (C=O) groups excluding carboxylic acids is 1. The maximum absolute atomic E-state index is 12.2. The van der Waals surface area contributed by atoms with Gasteiger partial charge in [-0.1, -0.05) is 6.92 Å². The van der Waals surface area contributed by atoms with Crippen LogP contribution >= 0.6 is 15.9 Å². The zero-order valence-corrected chi connectivity index (χ0v) is 15.5. The summed E-state index contributed by atoms with van der Waals surface area (Å²) in [6.07, 6.45) is 2.37. The number of hydrazone groups is 1. The predicted octanol–water partition coefficient (Wildman–Crippen LogP) is 3.72. The summed E-state index contributed by atoms with van der Waals surface area (Å²) < 4.78 is 11.4. The molecule has 0 saturated heterocycles. The number of ether oxygens (including phenoxy) is 2. The van der Waals surface area contributed by atoms with Crippen LogP contribution in [0.25, 0.3) is 0 Å². The first-order valence-electron chi connectivity index (χ1n) is 7.68. The van der Waals surface area contributed by atoms with E-state index in [2.05, 4.69) is 26.5 Å². The lowest BCUT2D eigenvalue weighted by Gasteiger charge is -2.11. The van der Waals surface area contributed by atoms with Crippen LogP contribution in [0.1, 0.15) is 29.3 Å². The third-order valence-electron chi connectivity index (χ3n) is 3.24. The van der Waals surface area contributed by atoms with Crippen molar-refractivity contribution in [2.24, 2.45) is 5.10 Å². The molecule has 0 aliphatic rings. The minimum absolute atomic E-state index is 0.138. The second kappa shape index (κ2) is 9.08. The van der Waals surface area contributed by atoms with Gasteiger partial charge in [0.25, 0.3) is 5.91 Å². The Kier molecular flexibility index (Phi) is 6.82. The van der Waals surface area contributed by atoms with E-state index in [4.69, 9.17) is 9.47 Å². The van der Waals surface area contributed by atoms with Gasteiger partial charge in [-0.2, -0.15) is 5.10 Å². The highest BCUT2D eigenvalue weighted by molar-refractivity contribution is 9.10. The van der Waals surface area contributed by atoms with Crippen LogP contribution in [0.15, 0.2) is 46.0 Å². The fourth-order valence-electron chi connectivity index (χ4n) is 1.97. The molecule has 0 fully saturated rings. The summed E-state index contributed by atoms with van der Waals surface area (Å²) in [6, 6.07) is 9.85. The summed E-state index contributed by atoms with van der Waals surface area (Å²) in [7, 11) is 1.52. The number of hydrogen-bond acceptors (Lipinski definition) is 5. The van der Waals surface area contributed by atoms with E-state index < -0.39 is 0 Å². The van der Waals surface area contributed by atoms with Gasteiger partial charge in [-0.3, -0.25) is 4.79 Å². The van der Waals surface area contributed by atoms with Crippen molar-refractivity contribution in [2.45, 2.75) is 13.3 Å². The summed E-state index contributed by atoms with van der Waals surface area (Å²) in [5.74, 6) is 0.860. The molecule has 25 heavy (non-hydrogen) atoms. The SMILES string of the molecule is CCCOc1ccc(C(=O)N/N=C/c2ccc(O)c(Br)c2)cc1OC. The Hall–Kier alpha value is -2.54. The summed E-state index contributed by atoms with van der Waals surface area (Å²) in [6.45, 7) is 2.59.